The molecule has 0 radical (unpaired) electrons. The Bertz CT molecular complexity index is 744. The molecule has 1 aromatic heterocycles. The topological polar surface area (TPSA) is 65.9 Å². The lowest BCUT2D eigenvalue weighted by Gasteiger charge is -2.49. The van der Waals surface area contributed by atoms with Gasteiger partial charge in [-0.1, -0.05) is 0 Å². The third-order valence-corrected chi connectivity index (χ3v) is 4.81. The van der Waals surface area contributed by atoms with Crippen LogP contribution < -0.4 is 4.90 Å². The molecule has 1 saturated heterocycles. The first-order valence-corrected chi connectivity index (χ1v) is 8.82. The third-order valence-electron chi connectivity index (χ3n) is 4.81. The minimum absolute atomic E-state index is 0.166. The highest BCUT2D eigenvalue weighted by molar-refractivity contribution is 5.69. The zero-order valence-corrected chi connectivity index (χ0v) is 15.8. The summed E-state index contributed by atoms with van der Waals surface area (Å²) in [5.74, 6) is 0.341. The molecule has 0 bridgehead atoms. The van der Waals surface area contributed by atoms with E-state index in [0.29, 0.717) is 25.5 Å². The van der Waals surface area contributed by atoms with Gasteiger partial charge >= 0.3 is 12.3 Å². The molecule has 2 aliphatic rings. The highest BCUT2D eigenvalue weighted by Crippen LogP contribution is 2.43. The summed E-state index contributed by atoms with van der Waals surface area (Å²) >= 11 is 0. The van der Waals surface area contributed by atoms with Gasteiger partial charge in [0.2, 0.25) is 0 Å². The molecule has 9 heteroatoms. The maximum atomic E-state index is 13.0. The number of aromatic nitrogens is 1. The van der Waals surface area contributed by atoms with E-state index in [2.05, 4.69) is 4.98 Å². The molecule has 27 heavy (non-hydrogen) atoms. The maximum Gasteiger partial charge on any atom is 0.417 e. The van der Waals surface area contributed by atoms with E-state index in [4.69, 9.17) is 4.74 Å². The molecule has 0 aromatic carbocycles. The summed E-state index contributed by atoms with van der Waals surface area (Å²) < 4.78 is 44.5. The van der Waals surface area contributed by atoms with E-state index in [1.54, 1.807) is 25.7 Å². The van der Waals surface area contributed by atoms with Crippen molar-refractivity contribution in [3.8, 4) is 0 Å². The number of aliphatic hydroxyl groups is 1. The number of hydrogen-bond donors (Lipinski definition) is 1. The lowest BCUT2D eigenvalue weighted by atomic mass is 9.83. The Balaban J connectivity index is 1.86. The van der Waals surface area contributed by atoms with E-state index < -0.39 is 29.0 Å². The van der Waals surface area contributed by atoms with Gasteiger partial charge in [-0.05, 0) is 33.8 Å². The summed E-state index contributed by atoms with van der Waals surface area (Å²) in [7, 11) is 0. The number of halogens is 3. The van der Waals surface area contributed by atoms with Crippen LogP contribution >= 0.6 is 0 Å². The molecule has 150 valence electrons. The number of alkyl halides is 3. The second-order valence-corrected chi connectivity index (χ2v) is 8.34. The van der Waals surface area contributed by atoms with Gasteiger partial charge in [0, 0.05) is 37.8 Å². The lowest BCUT2D eigenvalue weighted by molar-refractivity contribution is -0.138. The van der Waals surface area contributed by atoms with Crippen LogP contribution in [-0.2, 0) is 16.5 Å². The van der Waals surface area contributed by atoms with Crippen LogP contribution in [0.2, 0.25) is 0 Å². The fraction of sp³-hybridized carbons (Fsp3) is 0.667. The first kappa shape index (κ1) is 19.7. The van der Waals surface area contributed by atoms with Crippen LogP contribution in [0, 0.1) is 0 Å². The van der Waals surface area contributed by atoms with E-state index in [1.165, 1.54) is 6.92 Å². The first-order chi connectivity index (χ1) is 12.3. The molecule has 2 atom stereocenters. The van der Waals surface area contributed by atoms with Crippen LogP contribution in [0.5, 0.6) is 0 Å². The Morgan fingerprint density at radius 1 is 1.33 bits per heavy atom. The van der Waals surface area contributed by atoms with Crippen molar-refractivity contribution in [1.29, 1.82) is 0 Å². The van der Waals surface area contributed by atoms with E-state index in [1.807, 2.05) is 4.90 Å². The maximum absolute atomic E-state index is 13.0. The molecule has 6 nitrogen and oxygen atoms in total. The van der Waals surface area contributed by atoms with Gasteiger partial charge in [-0.25, -0.2) is 9.78 Å². The largest absolute Gasteiger partial charge is 0.444 e. The van der Waals surface area contributed by atoms with Crippen LogP contribution in [0.25, 0.3) is 0 Å². The Morgan fingerprint density at radius 3 is 2.59 bits per heavy atom. The molecular formula is C18H24F3N3O3. The predicted molar refractivity (Wildman–Crippen MR) is 92.4 cm³/mol. The average molecular weight is 387 g/mol. The number of fused-ring (bicyclic) bond motifs is 3. The van der Waals surface area contributed by atoms with Gasteiger partial charge in [-0.3, -0.25) is 0 Å². The van der Waals surface area contributed by atoms with E-state index in [-0.39, 0.29) is 18.0 Å². The Labute approximate surface area is 155 Å². The third kappa shape index (κ3) is 3.97. The number of hydrogen-bond acceptors (Lipinski definition) is 5. The minimum atomic E-state index is -4.52. The van der Waals surface area contributed by atoms with Crippen LogP contribution in [0.1, 0.15) is 45.2 Å². The van der Waals surface area contributed by atoms with Crippen molar-refractivity contribution in [3.05, 3.63) is 23.4 Å². The van der Waals surface area contributed by atoms with E-state index in [0.717, 1.165) is 12.3 Å². The number of pyridine rings is 1. The smallest absolute Gasteiger partial charge is 0.417 e. The van der Waals surface area contributed by atoms with Gasteiger partial charge in [-0.15, -0.1) is 0 Å². The van der Waals surface area contributed by atoms with Gasteiger partial charge in [0.25, 0.3) is 0 Å². The Kier molecular flexibility index (Phi) is 4.57. The van der Waals surface area contributed by atoms with Crippen molar-refractivity contribution in [3.63, 3.8) is 0 Å². The van der Waals surface area contributed by atoms with Gasteiger partial charge in [0.05, 0.1) is 17.2 Å². The SMILES string of the molecule is CC(C)(C)OC(=O)N1CCN2c3ncc(C(F)(F)F)cc3C(C)(O)CC2C1. The number of carbonyl (C=O) groups excluding carboxylic acids is 1. The predicted octanol–water partition coefficient (Wildman–Crippen LogP) is 3.14. The molecule has 0 saturated carbocycles. The van der Waals surface area contributed by atoms with Crippen LogP contribution in [0.15, 0.2) is 12.3 Å². The van der Waals surface area contributed by atoms with Crippen molar-refractivity contribution in [1.82, 2.24) is 9.88 Å². The quantitative estimate of drug-likeness (QED) is 0.741. The number of rotatable bonds is 0. The number of ether oxygens (including phenoxy) is 1. The summed E-state index contributed by atoms with van der Waals surface area (Å²) in [6.07, 6.45) is -3.97. The average Bonchev–Trinajstić information content (AvgIpc) is 2.51. The van der Waals surface area contributed by atoms with Crippen LogP contribution in [0.3, 0.4) is 0 Å². The summed E-state index contributed by atoms with van der Waals surface area (Å²) in [5.41, 5.74) is -2.80. The number of nitrogens with zero attached hydrogens (tertiary/aromatic N) is 3. The highest BCUT2D eigenvalue weighted by Gasteiger charge is 2.45. The van der Waals surface area contributed by atoms with Crippen molar-refractivity contribution < 1.29 is 27.8 Å². The van der Waals surface area contributed by atoms with Crippen molar-refractivity contribution >= 4 is 11.9 Å². The lowest BCUT2D eigenvalue weighted by Crippen LogP contribution is -2.59. The number of amides is 1. The second-order valence-electron chi connectivity index (χ2n) is 8.34. The fourth-order valence-electron chi connectivity index (χ4n) is 3.61. The van der Waals surface area contributed by atoms with Crippen molar-refractivity contribution in [2.45, 2.75) is 57.5 Å². The molecule has 3 rings (SSSR count). The molecule has 3 heterocycles. The van der Waals surface area contributed by atoms with Gasteiger partial charge in [-0.2, -0.15) is 13.2 Å². The highest BCUT2D eigenvalue weighted by atomic mass is 19.4. The van der Waals surface area contributed by atoms with Gasteiger partial charge < -0.3 is 19.6 Å². The molecule has 0 spiro atoms. The second kappa shape index (κ2) is 6.25. The molecule has 1 amide bonds. The summed E-state index contributed by atoms with van der Waals surface area (Å²) in [5, 5.41) is 10.8. The number of piperazine rings is 1. The van der Waals surface area contributed by atoms with Crippen LogP contribution in [-0.4, -0.2) is 52.4 Å². The van der Waals surface area contributed by atoms with Crippen LogP contribution in [0.4, 0.5) is 23.8 Å². The molecule has 1 fully saturated rings. The van der Waals surface area contributed by atoms with Gasteiger partial charge in [0.1, 0.15) is 11.4 Å². The van der Waals surface area contributed by atoms with Crippen molar-refractivity contribution in [2.24, 2.45) is 0 Å². The molecule has 0 aliphatic carbocycles. The van der Waals surface area contributed by atoms with Crippen molar-refractivity contribution in [2.75, 3.05) is 24.5 Å². The zero-order chi connectivity index (χ0) is 20.2. The Hall–Kier alpha value is -2.03. The molecule has 2 unspecified atom stereocenters. The fourth-order valence-corrected chi connectivity index (χ4v) is 3.61. The zero-order valence-electron chi connectivity index (χ0n) is 15.8. The summed E-state index contributed by atoms with van der Waals surface area (Å²) in [6, 6.07) is 0.719. The number of carbonyl (C=O) groups is 1. The summed E-state index contributed by atoms with van der Waals surface area (Å²) in [4.78, 5) is 19.8. The van der Waals surface area contributed by atoms with E-state index in [9.17, 15) is 23.1 Å². The molecular weight excluding hydrogens is 363 g/mol. The summed E-state index contributed by atoms with van der Waals surface area (Å²) in [6.45, 7) is 7.92. The molecule has 1 N–H and O–H groups in total. The molecule has 1 aromatic rings. The van der Waals surface area contributed by atoms with E-state index >= 15 is 0 Å². The monoisotopic (exact) mass is 387 g/mol. The first-order valence-electron chi connectivity index (χ1n) is 8.82. The van der Waals surface area contributed by atoms with Gasteiger partial charge in [0.15, 0.2) is 0 Å². The normalized spacial score (nSPS) is 25.7. The Morgan fingerprint density at radius 2 is 2.00 bits per heavy atom. The standard InChI is InChI=1S/C18H24F3N3O3/c1-16(2,3)27-15(25)23-5-6-24-12(10-23)8-17(4,26)13-7-11(18(19,20)21)9-22-14(13)24/h7,9,12,26H,5-6,8,10H2,1-4H3. The number of anilines is 1. The minimum Gasteiger partial charge on any atom is -0.444 e. The molecule has 2 aliphatic heterocycles.